The predicted octanol–water partition coefficient (Wildman–Crippen LogP) is 2.09. The number of amides is 1. The number of fused-ring (bicyclic) bond motifs is 1. The first-order valence-corrected chi connectivity index (χ1v) is 9.81. The number of nitrogens with zero attached hydrogens (tertiary/aromatic N) is 1. The molecule has 6 nitrogen and oxygen atoms in total. The highest BCUT2D eigenvalue weighted by molar-refractivity contribution is 7.92. The Kier molecular flexibility index (Phi) is 5.27. The van der Waals surface area contributed by atoms with Crippen molar-refractivity contribution < 1.29 is 17.9 Å². The molecule has 2 aromatic carbocycles. The lowest BCUT2D eigenvalue weighted by Gasteiger charge is -2.34. The van der Waals surface area contributed by atoms with Gasteiger partial charge in [0.25, 0.3) is 5.91 Å². The summed E-state index contributed by atoms with van der Waals surface area (Å²) in [4.78, 5) is 12.3. The molecule has 136 valence electrons. The second-order valence-electron chi connectivity index (χ2n) is 5.88. The monoisotopic (exact) mass is 372 g/mol. The van der Waals surface area contributed by atoms with E-state index in [2.05, 4.69) is 11.9 Å². The van der Waals surface area contributed by atoms with E-state index in [0.29, 0.717) is 17.0 Å². The molecule has 0 bridgehead atoms. The average molecular weight is 372 g/mol. The van der Waals surface area contributed by atoms with Crippen LogP contribution in [0.3, 0.4) is 0 Å². The van der Waals surface area contributed by atoms with Crippen molar-refractivity contribution in [2.75, 3.05) is 17.4 Å². The molecule has 1 N–H and O–H groups in total. The lowest BCUT2D eigenvalue weighted by Crippen LogP contribution is -2.50. The van der Waals surface area contributed by atoms with Gasteiger partial charge < -0.3 is 10.1 Å². The highest BCUT2D eigenvalue weighted by Gasteiger charge is 2.36. The molecule has 0 aromatic heterocycles. The smallest absolute Gasteiger partial charge is 0.263 e. The summed E-state index contributed by atoms with van der Waals surface area (Å²) in [5.41, 5.74) is 1.13. The molecule has 1 aliphatic heterocycles. The van der Waals surface area contributed by atoms with Gasteiger partial charge in [-0.1, -0.05) is 48.5 Å². The largest absolute Gasteiger partial charge is 0.476 e. The summed E-state index contributed by atoms with van der Waals surface area (Å²) < 4.78 is 33.0. The van der Waals surface area contributed by atoms with Crippen molar-refractivity contribution in [3.05, 3.63) is 72.8 Å². The Labute approximate surface area is 153 Å². The molecule has 2 aromatic rings. The lowest BCUT2D eigenvalue weighted by molar-refractivity contribution is -0.127. The molecule has 1 heterocycles. The van der Waals surface area contributed by atoms with Crippen LogP contribution in [0.4, 0.5) is 5.69 Å². The van der Waals surface area contributed by atoms with Crippen molar-refractivity contribution >= 4 is 21.6 Å². The van der Waals surface area contributed by atoms with Crippen molar-refractivity contribution in [3.63, 3.8) is 0 Å². The fraction of sp³-hybridized carbons (Fsp3) is 0.211. The summed E-state index contributed by atoms with van der Waals surface area (Å²) in [6.45, 7) is 3.77. The van der Waals surface area contributed by atoms with Gasteiger partial charge in [-0.25, -0.2) is 8.42 Å². The van der Waals surface area contributed by atoms with Gasteiger partial charge in [0.15, 0.2) is 6.10 Å². The van der Waals surface area contributed by atoms with Crippen LogP contribution in [0.15, 0.2) is 67.3 Å². The van der Waals surface area contributed by atoms with Crippen LogP contribution in [-0.2, 0) is 20.6 Å². The number of hydrogen-bond donors (Lipinski definition) is 1. The van der Waals surface area contributed by atoms with Crippen LogP contribution in [0.2, 0.25) is 0 Å². The lowest BCUT2D eigenvalue weighted by atomic mass is 10.2. The minimum Gasteiger partial charge on any atom is -0.476 e. The number of carbonyl (C=O) groups excluding carboxylic acids is 1. The third kappa shape index (κ3) is 3.88. The van der Waals surface area contributed by atoms with E-state index in [1.54, 1.807) is 54.6 Å². The Hall–Kier alpha value is -2.80. The zero-order chi connectivity index (χ0) is 18.6. The van der Waals surface area contributed by atoms with Gasteiger partial charge in [0.05, 0.1) is 18.0 Å². The third-order valence-electron chi connectivity index (χ3n) is 3.98. The van der Waals surface area contributed by atoms with Gasteiger partial charge in [0.1, 0.15) is 5.75 Å². The number of benzene rings is 2. The molecule has 0 saturated heterocycles. The third-order valence-corrected chi connectivity index (χ3v) is 5.69. The summed E-state index contributed by atoms with van der Waals surface area (Å²) in [7, 11) is -3.68. The van der Waals surface area contributed by atoms with Gasteiger partial charge in [0, 0.05) is 6.54 Å². The molecule has 0 saturated carbocycles. The van der Waals surface area contributed by atoms with Crippen LogP contribution in [-0.4, -0.2) is 33.5 Å². The van der Waals surface area contributed by atoms with E-state index >= 15 is 0 Å². The maximum Gasteiger partial charge on any atom is 0.263 e. The van der Waals surface area contributed by atoms with E-state index in [0.717, 1.165) is 0 Å². The Morgan fingerprint density at radius 1 is 1.19 bits per heavy atom. The SMILES string of the molecule is C=CCNC(=O)[C@H]1CN(S(=O)(=O)Cc2ccccc2)c2ccccc2O1. The minimum absolute atomic E-state index is 0.0742. The first-order valence-electron chi connectivity index (χ1n) is 8.20. The molecule has 7 heteroatoms. The maximum absolute atomic E-state index is 13.0. The van der Waals surface area contributed by atoms with Crippen molar-refractivity contribution in [1.82, 2.24) is 5.32 Å². The quantitative estimate of drug-likeness (QED) is 0.788. The topological polar surface area (TPSA) is 75.7 Å². The van der Waals surface area contributed by atoms with Gasteiger partial charge in [-0.05, 0) is 17.7 Å². The fourth-order valence-electron chi connectivity index (χ4n) is 2.75. The minimum atomic E-state index is -3.68. The van der Waals surface area contributed by atoms with Crippen molar-refractivity contribution in [2.24, 2.45) is 0 Å². The van der Waals surface area contributed by atoms with E-state index in [9.17, 15) is 13.2 Å². The molecule has 0 radical (unpaired) electrons. The molecule has 1 aliphatic rings. The highest BCUT2D eigenvalue weighted by Crippen LogP contribution is 2.35. The van der Waals surface area contributed by atoms with Crippen LogP contribution >= 0.6 is 0 Å². The van der Waals surface area contributed by atoms with Crippen molar-refractivity contribution in [3.8, 4) is 5.75 Å². The zero-order valence-corrected chi connectivity index (χ0v) is 15.0. The number of ether oxygens (including phenoxy) is 1. The van der Waals surface area contributed by atoms with Gasteiger partial charge in [-0.15, -0.1) is 6.58 Å². The Balaban J connectivity index is 1.91. The number of carbonyl (C=O) groups is 1. The molecule has 1 amide bonds. The van der Waals surface area contributed by atoms with Crippen LogP contribution < -0.4 is 14.4 Å². The Morgan fingerprint density at radius 2 is 1.88 bits per heavy atom. The Morgan fingerprint density at radius 3 is 2.62 bits per heavy atom. The number of rotatable bonds is 6. The maximum atomic E-state index is 13.0. The molecule has 0 spiro atoms. The van der Waals surface area contributed by atoms with E-state index in [-0.39, 0.29) is 24.7 Å². The molecule has 1 atom stereocenters. The van der Waals surface area contributed by atoms with E-state index in [1.807, 2.05) is 6.07 Å². The first-order chi connectivity index (χ1) is 12.5. The number of para-hydroxylation sites is 2. The fourth-order valence-corrected chi connectivity index (χ4v) is 4.33. The van der Waals surface area contributed by atoms with E-state index < -0.39 is 16.1 Å². The second-order valence-corrected chi connectivity index (χ2v) is 7.77. The molecule has 0 fully saturated rings. The normalized spacial score (nSPS) is 16.3. The van der Waals surface area contributed by atoms with E-state index in [4.69, 9.17) is 4.74 Å². The number of anilines is 1. The van der Waals surface area contributed by atoms with Crippen molar-refractivity contribution in [2.45, 2.75) is 11.9 Å². The molecule has 3 rings (SSSR count). The highest BCUT2D eigenvalue weighted by atomic mass is 32.2. The van der Waals surface area contributed by atoms with Crippen molar-refractivity contribution in [1.29, 1.82) is 0 Å². The molecule has 26 heavy (non-hydrogen) atoms. The number of hydrogen-bond acceptors (Lipinski definition) is 4. The Bertz CT molecular complexity index is 897. The van der Waals surface area contributed by atoms with Crippen LogP contribution in [0.25, 0.3) is 0 Å². The average Bonchev–Trinajstić information content (AvgIpc) is 2.65. The molecular formula is C19H20N2O4S. The van der Waals surface area contributed by atoms with Crippen LogP contribution in [0.1, 0.15) is 5.56 Å². The van der Waals surface area contributed by atoms with E-state index in [1.165, 1.54) is 4.31 Å². The molecular weight excluding hydrogens is 352 g/mol. The summed E-state index contributed by atoms with van der Waals surface area (Å²) in [6.07, 6.45) is 0.633. The summed E-state index contributed by atoms with van der Waals surface area (Å²) in [5.74, 6) is -0.156. The second kappa shape index (κ2) is 7.61. The van der Waals surface area contributed by atoms with Gasteiger partial charge in [-0.3, -0.25) is 9.10 Å². The zero-order valence-electron chi connectivity index (χ0n) is 14.2. The number of nitrogens with one attached hydrogen (secondary N) is 1. The standard InChI is InChI=1S/C19H20N2O4S/c1-2-12-20-19(22)18-13-21(16-10-6-7-11-17(16)25-18)26(23,24)14-15-8-4-3-5-9-15/h2-11,18H,1,12-14H2,(H,20,22)/t18-/m1/s1. The molecule has 0 unspecified atom stereocenters. The summed E-state index contributed by atoms with van der Waals surface area (Å²) in [5, 5.41) is 2.65. The van der Waals surface area contributed by atoms with Gasteiger partial charge >= 0.3 is 0 Å². The molecule has 0 aliphatic carbocycles. The number of sulfonamides is 1. The van der Waals surface area contributed by atoms with Crippen LogP contribution in [0, 0.1) is 0 Å². The summed E-state index contributed by atoms with van der Waals surface area (Å²) in [6, 6.07) is 15.8. The van der Waals surface area contributed by atoms with Gasteiger partial charge in [-0.2, -0.15) is 0 Å². The van der Waals surface area contributed by atoms with Crippen LogP contribution in [0.5, 0.6) is 5.75 Å². The summed E-state index contributed by atoms with van der Waals surface area (Å²) >= 11 is 0. The van der Waals surface area contributed by atoms with Gasteiger partial charge in [0.2, 0.25) is 10.0 Å². The first kappa shape index (κ1) is 18.0. The predicted molar refractivity (Wildman–Crippen MR) is 100 cm³/mol.